The molecule has 4 aromatic rings. The smallest absolute Gasteiger partial charge is 0.291 e. The minimum atomic E-state index is -3.84. The molecule has 146 valence electrons. The number of carbonyl (C=O) groups excluding carboxylic acids is 1. The third kappa shape index (κ3) is 4.12. The maximum absolute atomic E-state index is 13.0. The zero-order valence-electron chi connectivity index (χ0n) is 14.9. The second-order valence-corrected chi connectivity index (χ2v) is 7.92. The molecule has 1 amide bonds. The number of sulfonamides is 1. The molecule has 6 nitrogen and oxygen atoms in total. The summed E-state index contributed by atoms with van der Waals surface area (Å²) in [6.45, 7) is 0. The molecule has 0 radical (unpaired) electrons. The Bertz CT molecular complexity index is 1250. The Morgan fingerprint density at radius 1 is 0.862 bits per heavy atom. The van der Waals surface area contributed by atoms with Gasteiger partial charge in [0.15, 0.2) is 5.76 Å². The molecule has 0 spiro atoms. The minimum Gasteiger partial charge on any atom is -0.451 e. The van der Waals surface area contributed by atoms with Crippen molar-refractivity contribution in [2.24, 2.45) is 0 Å². The number of carbonyl (C=O) groups is 1. The fourth-order valence-corrected chi connectivity index (χ4v) is 3.79. The van der Waals surface area contributed by atoms with Gasteiger partial charge < -0.3 is 9.73 Å². The first kappa shape index (κ1) is 18.7. The van der Waals surface area contributed by atoms with E-state index in [2.05, 4.69) is 10.0 Å². The van der Waals surface area contributed by atoms with E-state index in [1.165, 1.54) is 36.4 Å². The van der Waals surface area contributed by atoms with Crippen LogP contribution in [0.15, 0.2) is 88.2 Å². The molecule has 0 aliphatic heterocycles. The first-order chi connectivity index (χ1) is 13.9. The van der Waals surface area contributed by atoms with E-state index in [9.17, 15) is 17.6 Å². The van der Waals surface area contributed by atoms with Gasteiger partial charge in [0.1, 0.15) is 11.4 Å². The monoisotopic (exact) mass is 410 g/mol. The molecule has 8 heteroatoms. The fraction of sp³-hybridized carbons (Fsp3) is 0. The molecule has 29 heavy (non-hydrogen) atoms. The van der Waals surface area contributed by atoms with Crippen LogP contribution in [0.4, 0.5) is 15.8 Å². The van der Waals surface area contributed by atoms with Crippen LogP contribution < -0.4 is 10.0 Å². The van der Waals surface area contributed by atoms with E-state index >= 15 is 0 Å². The van der Waals surface area contributed by atoms with Gasteiger partial charge in [-0.05, 0) is 60.7 Å². The summed E-state index contributed by atoms with van der Waals surface area (Å²) in [6.07, 6.45) is 0. The first-order valence-corrected chi connectivity index (χ1v) is 10.1. The lowest BCUT2D eigenvalue weighted by molar-refractivity contribution is 0.0998. The molecule has 0 aliphatic rings. The molecule has 0 aliphatic carbocycles. The van der Waals surface area contributed by atoms with Crippen molar-refractivity contribution in [1.29, 1.82) is 0 Å². The van der Waals surface area contributed by atoms with Crippen LogP contribution in [0.2, 0.25) is 0 Å². The molecule has 1 heterocycles. The summed E-state index contributed by atoms with van der Waals surface area (Å²) in [4.78, 5) is 12.4. The number of anilines is 2. The number of furan rings is 1. The Morgan fingerprint density at radius 2 is 1.52 bits per heavy atom. The summed E-state index contributed by atoms with van der Waals surface area (Å²) in [6, 6.07) is 19.5. The topological polar surface area (TPSA) is 88.4 Å². The maximum Gasteiger partial charge on any atom is 0.291 e. The van der Waals surface area contributed by atoms with Crippen molar-refractivity contribution < 1.29 is 22.0 Å². The highest BCUT2D eigenvalue weighted by molar-refractivity contribution is 7.92. The quantitative estimate of drug-likeness (QED) is 0.502. The van der Waals surface area contributed by atoms with Crippen LogP contribution >= 0.6 is 0 Å². The van der Waals surface area contributed by atoms with Crippen LogP contribution in [0, 0.1) is 5.82 Å². The molecule has 1 aromatic heterocycles. The van der Waals surface area contributed by atoms with Crippen molar-refractivity contribution in [3.8, 4) is 0 Å². The summed E-state index contributed by atoms with van der Waals surface area (Å²) in [5.74, 6) is -0.750. The predicted octanol–water partition coefficient (Wildman–Crippen LogP) is 4.63. The maximum atomic E-state index is 13.0. The lowest BCUT2D eigenvalue weighted by Gasteiger charge is -2.09. The standard InChI is InChI=1S/C21H15FN2O4S/c22-15-5-7-17(8-6-15)24-29(26,27)18-11-9-16(10-12-18)23-21(25)20-13-14-3-1-2-4-19(14)28-20/h1-13,24H,(H,23,25). The van der Waals surface area contributed by atoms with E-state index in [-0.39, 0.29) is 16.3 Å². The lowest BCUT2D eigenvalue weighted by Crippen LogP contribution is -2.14. The van der Waals surface area contributed by atoms with E-state index in [4.69, 9.17) is 4.42 Å². The van der Waals surface area contributed by atoms with Crippen LogP contribution in [-0.4, -0.2) is 14.3 Å². The zero-order chi connectivity index (χ0) is 20.4. The normalized spacial score (nSPS) is 11.3. The van der Waals surface area contributed by atoms with E-state index in [1.807, 2.05) is 18.2 Å². The average Bonchev–Trinajstić information content (AvgIpc) is 3.14. The SMILES string of the molecule is O=C(Nc1ccc(S(=O)(=O)Nc2ccc(F)cc2)cc1)c1cc2ccccc2o1. The van der Waals surface area contributed by atoms with E-state index in [0.29, 0.717) is 11.3 Å². The second-order valence-electron chi connectivity index (χ2n) is 6.24. The Balaban J connectivity index is 1.48. The molecule has 0 fully saturated rings. The molecular formula is C21H15FN2O4S. The Hall–Kier alpha value is -3.65. The fourth-order valence-electron chi connectivity index (χ4n) is 2.74. The van der Waals surface area contributed by atoms with E-state index in [1.54, 1.807) is 12.1 Å². The number of rotatable bonds is 5. The molecule has 2 N–H and O–H groups in total. The van der Waals surface area contributed by atoms with Crippen molar-refractivity contribution in [3.05, 3.63) is 90.4 Å². The highest BCUT2D eigenvalue weighted by atomic mass is 32.2. The minimum absolute atomic E-state index is 0.00330. The van der Waals surface area contributed by atoms with Gasteiger partial charge in [-0.15, -0.1) is 0 Å². The summed E-state index contributed by atoms with van der Waals surface area (Å²) in [5, 5.41) is 3.48. The predicted molar refractivity (Wildman–Crippen MR) is 108 cm³/mol. The summed E-state index contributed by atoms with van der Waals surface area (Å²) in [5.41, 5.74) is 1.26. The van der Waals surface area contributed by atoms with Crippen LogP contribution in [0.5, 0.6) is 0 Å². The number of hydrogen-bond acceptors (Lipinski definition) is 4. The van der Waals surface area contributed by atoms with E-state index in [0.717, 1.165) is 17.5 Å². The van der Waals surface area contributed by atoms with Gasteiger partial charge >= 0.3 is 0 Å². The van der Waals surface area contributed by atoms with E-state index < -0.39 is 21.7 Å². The number of para-hydroxylation sites is 1. The van der Waals surface area contributed by atoms with Gasteiger partial charge in [0.2, 0.25) is 0 Å². The van der Waals surface area contributed by atoms with Gasteiger partial charge in [-0.2, -0.15) is 0 Å². The molecular weight excluding hydrogens is 395 g/mol. The highest BCUT2D eigenvalue weighted by Crippen LogP contribution is 2.21. The Labute approximate surface area is 166 Å². The zero-order valence-corrected chi connectivity index (χ0v) is 15.7. The van der Waals surface area contributed by atoms with Crippen molar-refractivity contribution in [2.45, 2.75) is 4.90 Å². The lowest BCUT2D eigenvalue weighted by atomic mass is 10.2. The summed E-state index contributed by atoms with van der Waals surface area (Å²) < 4.78 is 45.7. The van der Waals surface area contributed by atoms with Gasteiger partial charge in [0, 0.05) is 16.8 Å². The summed E-state index contributed by atoms with van der Waals surface area (Å²) >= 11 is 0. The van der Waals surface area contributed by atoms with Gasteiger partial charge in [-0.3, -0.25) is 9.52 Å². The Kier molecular flexibility index (Phi) is 4.77. The average molecular weight is 410 g/mol. The molecule has 0 bridgehead atoms. The van der Waals surface area contributed by atoms with Gasteiger partial charge in [0.25, 0.3) is 15.9 Å². The largest absolute Gasteiger partial charge is 0.451 e. The van der Waals surface area contributed by atoms with Crippen LogP contribution in [0.1, 0.15) is 10.6 Å². The molecule has 3 aromatic carbocycles. The molecule has 0 saturated carbocycles. The van der Waals surface area contributed by atoms with Crippen molar-refractivity contribution >= 4 is 38.3 Å². The second kappa shape index (κ2) is 7.40. The third-order valence-corrected chi connectivity index (χ3v) is 5.57. The van der Waals surface area contributed by atoms with Crippen LogP contribution in [0.25, 0.3) is 11.0 Å². The van der Waals surface area contributed by atoms with Gasteiger partial charge in [-0.25, -0.2) is 12.8 Å². The number of benzene rings is 3. The number of nitrogens with one attached hydrogen (secondary N) is 2. The number of halogens is 1. The third-order valence-electron chi connectivity index (χ3n) is 4.17. The van der Waals surface area contributed by atoms with Crippen molar-refractivity contribution in [1.82, 2.24) is 0 Å². The molecule has 0 saturated heterocycles. The van der Waals surface area contributed by atoms with Gasteiger partial charge in [-0.1, -0.05) is 18.2 Å². The highest BCUT2D eigenvalue weighted by Gasteiger charge is 2.16. The summed E-state index contributed by atoms with van der Waals surface area (Å²) in [7, 11) is -3.84. The number of fused-ring (bicyclic) bond motifs is 1. The number of hydrogen-bond donors (Lipinski definition) is 2. The molecule has 0 unspecified atom stereocenters. The van der Waals surface area contributed by atoms with Crippen LogP contribution in [-0.2, 0) is 10.0 Å². The van der Waals surface area contributed by atoms with Crippen molar-refractivity contribution in [3.63, 3.8) is 0 Å². The first-order valence-electron chi connectivity index (χ1n) is 8.59. The van der Waals surface area contributed by atoms with Crippen LogP contribution in [0.3, 0.4) is 0 Å². The molecule has 4 rings (SSSR count). The van der Waals surface area contributed by atoms with Gasteiger partial charge in [0.05, 0.1) is 4.90 Å². The molecule has 0 atom stereocenters. The van der Waals surface area contributed by atoms with Crippen molar-refractivity contribution in [2.75, 3.05) is 10.0 Å². The Morgan fingerprint density at radius 3 is 2.21 bits per heavy atom. The number of amides is 1.